The summed E-state index contributed by atoms with van der Waals surface area (Å²) in [6.45, 7) is 3.58. The Morgan fingerprint density at radius 2 is 2.16 bits per heavy atom. The fraction of sp³-hybridized carbons (Fsp3) is 0.571. The molecule has 4 unspecified atom stereocenters. The van der Waals surface area contributed by atoms with E-state index in [1.807, 2.05) is 0 Å². The van der Waals surface area contributed by atoms with Crippen LogP contribution in [0.25, 0.3) is 11.2 Å². The lowest BCUT2D eigenvalue weighted by Crippen LogP contribution is -2.42. The number of aromatic nitrogens is 4. The first-order valence-electron chi connectivity index (χ1n) is 7.55. The molecular formula is C14H16ClN5O5. The van der Waals surface area contributed by atoms with Crippen molar-refractivity contribution in [1.82, 2.24) is 19.5 Å². The van der Waals surface area contributed by atoms with Gasteiger partial charge in [0, 0.05) is 7.11 Å². The molecule has 0 radical (unpaired) electrons. The SMILES string of the molecule is COC1C(/C(=N\O)n2cnc3c(Cl)ncnc32)OC2OC(C)(C)OC21. The predicted molar refractivity (Wildman–Crippen MR) is 84.4 cm³/mol. The molecule has 2 aliphatic rings. The minimum absolute atomic E-state index is 0.128. The van der Waals surface area contributed by atoms with E-state index >= 15 is 0 Å². The Balaban J connectivity index is 1.71. The van der Waals surface area contributed by atoms with Crippen LogP contribution in [0, 0.1) is 0 Å². The van der Waals surface area contributed by atoms with Crippen molar-refractivity contribution in [3.8, 4) is 0 Å². The maximum absolute atomic E-state index is 9.61. The summed E-state index contributed by atoms with van der Waals surface area (Å²) >= 11 is 6.02. The van der Waals surface area contributed by atoms with Gasteiger partial charge in [0.2, 0.25) is 0 Å². The lowest BCUT2D eigenvalue weighted by Gasteiger charge is -2.25. The van der Waals surface area contributed by atoms with Crippen LogP contribution in [0.5, 0.6) is 0 Å². The van der Waals surface area contributed by atoms with Crippen molar-refractivity contribution in [3.05, 3.63) is 17.8 Å². The average molecular weight is 370 g/mol. The standard InChI is InChI=1S/C14H16ClN5O5/c1-14(2)24-9-7(22-3)8(23-13(9)25-14)12(19-21)20-5-18-6-10(15)16-4-17-11(6)20/h4-5,7-9,13,21H,1-3H3/b19-12+. The van der Waals surface area contributed by atoms with Crippen molar-refractivity contribution in [2.45, 2.75) is 44.2 Å². The Bertz CT molecular complexity index is 840. The Labute approximate surface area is 147 Å². The first-order valence-corrected chi connectivity index (χ1v) is 7.93. The Hall–Kier alpha value is -1.85. The van der Waals surface area contributed by atoms with Crippen LogP contribution in [0.4, 0.5) is 0 Å². The molecule has 25 heavy (non-hydrogen) atoms. The van der Waals surface area contributed by atoms with Gasteiger partial charge < -0.3 is 24.2 Å². The quantitative estimate of drug-likeness (QED) is 0.274. The molecule has 4 heterocycles. The van der Waals surface area contributed by atoms with Crippen LogP contribution in [0.15, 0.2) is 17.8 Å². The summed E-state index contributed by atoms with van der Waals surface area (Å²) in [5, 5.41) is 13.2. The minimum Gasteiger partial charge on any atom is -0.409 e. The van der Waals surface area contributed by atoms with Crippen molar-refractivity contribution in [1.29, 1.82) is 0 Å². The van der Waals surface area contributed by atoms with Gasteiger partial charge in [0.25, 0.3) is 0 Å². The largest absolute Gasteiger partial charge is 0.409 e. The van der Waals surface area contributed by atoms with Gasteiger partial charge >= 0.3 is 0 Å². The molecule has 10 nitrogen and oxygen atoms in total. The Morgan fingerprint density at radius 3 is 2.88 bits per heavy atom. The van der Waals surface area contributed by atoms with E-state index in [1.54, 1.807) is 13.8 Å². The van der Waals surface area contributed by atoms with Gasteiger partial charge in [-0.3, -0.25) is 4.57 Å². The van der Waals surface area contributed by atoms with E-state index in [9.17, 15) is 5.21 Å². The van der Waals surface area contributed by atoms with E-state index in [2.05, 4.69) is 20.1 Å². The Morgan fingerprint density at radius 1 is 1.36 bits per heavy atom. The molecular weight excluding hydrogens is 354 g/mol. The van der Waals surface area contributed by atoms with Crippen LogP contribution in [-0.4, -0.2) is 68.1 Å². The molecule has 2 fully saturated rings. The highest BCUT2D eigenvalue weighted by Gasteiger charge is 2.57. The molecule has 2 aromatic heterocycles. The predicted octanol–water partition coefficient (Wildman–Crippen LogP) is 1.01. The first-order chi connectivity index (χ1) is 11.9. The third kappa shape index (κ3) is 2.57. The zero-order valence-corrected chi connectivity index (χ0v) is 14.4. The van der Waals surface area contributed by atoms with Crippen molar-refractivity contribution in [2.75, 3.05) is 7.11 Å². The number of imidazole rings is 1. The second kappa shape index (κ2) is 5.85. The molecule has 0 amide bonds. The Kier molecular flexibility index (Phi) is 3.89. The smallest absolute Gasteiger partial charge is 0.190 e. The number of hydrogen-bond acceptors (Lipinski definition) is 9. The molecule has 0 spiro atoms. The number of ether oxygens (including phenoxy) is 4. The fourth-order valence-corrected chi connectivity index (χ4v) is 3.34. The van der Waals surface area contributed by atoms with Crippen LogP contribution in [0.2, 0.25) is 5.15 Å². The van der Waals surface area contributed by atoms with Gasteiger partial charge in [-0.25, -0.2) is 15.0 Å². The average Bonchev–Trinajstić information content (AvgIpc) is 3.20. The second-order valence-corrected chi connectivity index (χ2v) is 6.49. The zero-order valence-electron chi connectivity index (χ0n) is 13.7. The van der Waals surface area contributed by atoms with E-state index in [4.69, 9.17) is 30.5 Å². The van der Waals surface area contributed by atoms with Gasteiger partial charge in [0.1, 0.15) is 30.4 Å². The van der Waals surface area contributed by atoms with Gasteiger partial charge in [-0.1, -0.05) is 16.8 Å². The van der Waals surface area contributed by atoms with Gasteiger partial charge in [0.15, 0.2) is 34.8 Å². The molecule has 4 atom stereocenters. The number of nitrogens with zero attached hydrogens (tertiary/aromatic N) is 5. The lowest BCUT2D eigenvalue weighted by atomic mass is 10.1. The topological polar surface area (TPSA) is 113 Å². The van der Waals surface area contributed by atoms with Gasteiger partial charge in [-0.15, -0.1) is 0 Å². The lowest BCUT2D eigenvalue weighted by molar-refractivity contribution is -0.208. The van der Waals surface area contributed by atoms with E-state index in [0.717, 1.165) is 0 Å². The molecule has 0 aromatic carbocycles. The minimum atomic E-state index is -0.782. The summed E-state index contributed by atoms with van der Waals surface area (Å²) < 4.78 is 24.5. The fourth-order valence-electron chi connectivity index (χ4n) is 3.16. The van der Waals surface area contributed by atoms with Gasteiger partial charge in [-0.05, 0) is 13.8 Å². The highest BCUT2D eigenvalue weighted by Crippen LogP contribution is 2.39. The van der Waals surface area contributed by atoms with E-state index in [-0.39, 0.29) is 11.0 Å². The molecule has 134 valence electrons. The third-order valence-electron chi connectivity index (χ3n) is 4.16. The summed E-state index contributed by atoms with van der Waals surface area (Å²) in [7, 11) is 1.53. The van der Waals surface area contributed by atoms with Crippen LogP contribution in [-0.2, 0) is 18.9 Å². The van der Waals surface area contributed by atoms with E-state index in [0.29, 0.717) is 11.2 Å². The van der Waals surface area contributed by atoms with Gasteiger partial charge in [-0.2, -0.15) is 0 Å². The maximum atomic E-state index is 9.61. The first kappa shape index (κ1) is 16.6. The molecule has 2 aliphatic heterocycles. The summed E-state index contributed by atoms with van der Waals surface area (Å²) in [4.78, 5) is 12.2. The molecule has 0 aliphatic carbocycles. The molecule has 1 N–H and O–H groups in total. The summed E-state index contributed by atoms with van der Waals surface area (Å²) in [6.07, 6.45) is 0.310. The van der Waals surface area contributed by atoms with Crippen LogP contribution in [0.3, 0.4) is 0 Å². The van der Waals surface area contributed by atoms with Crippen LogP contribution >= 0.6 is 11.6 Å². The summed E-state index contributed by atoms with van der Waals surface area (Å²) in [6, 6.07) is 0. The number of methoxy groups -OCH3 is 1. The van der Waals surface area contributed by atoms with E-state index < -0.39 is 30.4 Å². The molecule has 2 aromatic rings. The third-order valence-corrected chi connectivity index (χ3v) is 4.43. The van der Waals surface area contributed by atoms with Crippen molar-refractivity contribution >= 4 is 28.6 Å². The van der Waals surface area contributed by atoms with Gasteiger partial charge in [0.05, 0.1) is 0 Å². The van der Waals surface area contributed by atoms with E-state index in [1.165, 1.54) is 24.3 Å². The number of oxime groups is 1. The zero-order chi connectivity index (χ0) is 17.8. The van der Waals surface area contributed by atoms with Crippen molar-refractivity contribution < 1.29 is 24.2 Å². The number of rotatable bonds is 2. The molecule has 0 bridgehead atoms. The highest BCUT2D eigenvalue weighted by atomic mass is 35.5. The summed E-state index contributed by atoms with van der Waals surface area (Å²) in [5.41, 5.74) is 0.761. The molecule has 4 rings (SSSR count). The number of halogens is 1. The summed E-state index contributed by atoms with van der Waals surface area (Å²) in [5.74, 6) is -0.653. The number of hydrogen-bond donors (Lipinski definition) is 1. The second-order valence-electron chi connectivity index (χ2n) is 6.14. The monoisotopic (exact) mass is 369 g/mol. The normalized spacial score (nSPS) is 31.6. The molecule has 2 saturated heterocycles. The molecule has 11 heteroatoms. The maximum Gasteiger partial charge on any atom is 0.190 e. The molecule has 0 saturated carbocycles. The van der Waals surface area contributed by atoms with Crippen LogP contribution < -0.4 is 0 Å². The van der Waals surface area contributed by atoms with Crippen LogP contribution in [0.1, 0.15) is 13.8 Å². The van der Waals surface area contributed by atoms with Crippen molar-refractivity contribution in [3.63, 3.8) is 0 Å². The number of fused-ring (bicyclic) bond motifs is 2. The highest BCUT2D eigenvalue weighted by molar-refractivity contribution is 6.33. The van der Waals surface area contributed by atoms with Crippen molar-refractivity contribution in [2.24, 2.45) is 5.16 Å².